The highest BCUT2D eigenvalue weighted by Gasteiger charge is 2.39. The number of nitrogens with zero attached hydrogens (tertiary/aromatic N) is 1. The Morgan fingerprint density at radius 2 is 1.61 bits per heavy atom. The second kappa shape index (κ2) is 8.86. The van der Waals surface area contributed by atoms with Crippen molar-refractivity contribution in [2.45, 2.75) is 52.1 Å². The van der Waals surface area contributed by atoms with E-state index in [0.29, 0.717) is 11.1 Å². The highest BCUT2D eigenvalue weighted by Crippen LogP contribution is 2.30. The lowest BCUT2D eigenvalue weighted by molar-refractivity contribution is -0.134. The molecular weight excluding hydrogens is 376 g/mol. The summed E-state index contributed by atoms with van der Waals surface area (Å²) in [5.74, 6) is -1.10. The van der Waals surface area contributed by atoms with Crippen LogP contribution in [0.25, 0.3) is 0 Å². The molecule has 2 rings (SSSR count). The molecule has 0 aromatic heterocycles. The molecule has 2 N–H and O–H groups in total. The molecule has 28 heavy (non-hydrogen) atoms. The van der Waals surface area contributed by atoms with Crippen LogP contribution in [-0.2, 0) is 21.4 Å². The predicted octanol–water partition coefficient (Wildman–Crippen LogP) is 3.33. The molecule has 0 heterocycles. The minimum absolute atomic E-state index is 0.0200. The zero-order valence-corrected chi connectivity index (χ0v) is 17.7. The quantitative estimate of drug-likeness (QED) is 0.547. The molecule has 0 fully saturated rings. The van der Waals surface area contributed by atoms with E-state index in [1.165, 1.54) is 4.31 Å². The van der Waals surface area contributed by atoms with Crippen molar-refractivity contribution in [3.63, 3.8) is 0 Å². The summed E-state index contributed by atoms with van der Waals surface area (Å²) in [5.41, 5.74) is 4.61. The van der Waals surface area contributed by atoms with Crippen LogP contribution in [-0.4, -0.2) is 29.9 Å². The Balaban J connectivity index is 2.68. The van der Waals surface area contributed by atoms with Gasteiger partial charge in [-0.3, -0.25) is 10.0 Å². The summed E-state index contributed by atoms with van der Waals surface area (Å²) in [6, 6.07) is 11.7. The summed E-state index contributed by atoms with van der Waals surface area (Å²) in [4.78, 5) is 12.6. The average molecular weight is 405 g/mol. The number of hydroxylamine groups is 1. The van der Waals surface area contributed by atoms with Crippen molar-refractivity contribution in [2.75, 3.05) is 0 Å². The van der Waals surface area contributed by atoms with Gasteiger partial charge in [0.25, 0.3) is 5.91 Å². The minimum Gasteiger partial charge on any atom is -0.289 e. The smallest absolute Gasteiger partial charge is 0.262 e. The van der Waals surface area contributed by atoms with Gasteiger partial charge in [0.1, 0.15) is 6.04 Å². The molecule has 0 saturated heterocycles. The van der Waals surface area contributed by atoms with Gasteiger partial charge in [0, 0.05) is 6.54 Å². The van der Waals surface area contributed by atoms with Gasteiger partial charge in [-0.15, -0.1) is 0 Å². The van der Waals surface area contributed by atoms with Crippen molar-refractivity contribution in [1.29, 1.82) is 0 Å². The van der Waals surface area contributed by atoms with E-state index < -0.39 is 22.0 Å². The van der Waals surface area contributed by atoms with Gasteiger partial charge in [-0.25, -0.2) is 13.9 Å². The third-order valence-corrected chi connectivity index (χ3v) is 6.81. The van der Waals surface area contributed by atoms with E-state index in [4.69, 9.17) is 0 Å². The van der Waals surface area contributed by atoms with Crippen molar-refractivity contribution in [1.82, 2.24) is 9.79 Å². The summed E-state index contributed by atoms with van der Waals surface area (Å²) >= 11 is 0. The van der Waals surface area contributed by atoms with E-state index in [-0.39, 0.29) is 17.4 Å². The topological polar surface area (TPSA) is 86.7 Å². The largest absolute Gasteiger partial charge is 0.289 e. The van der Waals surface area contributed by atoms with Crippen LogP contribution in [0.3, 0.4) is 0 Å². The summed E-state index contributed by atoms with van der Waals surface area (Å²) in [6.45, 7) is 8.94. The highest BCUT2D eigenvalue weighted by atomic mass is 32.2. The molecule has 0 bridgehead atoms. The van der Waals surface area contributed by atoms with Crippen LogP contribution < -0.4 is 5.48 Å². The summed E-state index contributed by atoms with van der Waals surface area (Å²) in [7, 11) is -4.02. The second-order valence-corrected chi connectivity index (χ2v) is 9.26. The molecule has 1 amide bonds. The van der Waals surface area contributed by atoms with Crippen molar-refractivity contribution < 1.29 is 18.4 Å². The van der Waals surface area contributed by atoms with Crippen LogP contribution in [0.5, 0.6) is 0 Å². The lowest BCUT2D eigenvalue weighted by atomic mass is 10.0. The van der Waals surface area contributed by atoms with Gasteiger partial charge in [-0.1, -0.05) is 61.9 Å². The second-order valence-electron chi connectivity index (χ2n) is 7.43. The number of aryl methyl sites for hydroxylation is 3. The highest BCUT2D eigenvalue weighted by molar-refractivity contribution is 7.89. The van der Waals surface area contributed by atoms with Crippen LogP contribution in [0.2, 0.25) is 0 Å². The maximum atomic E-state index is 13.7. The summed E-state index contributed by atoms with van der Waals surface area (Å²) < 4.78 is 28.6. The van der Waals surface area contributed by atoms with E-state index in [0.717, 1.165) is 11.1 Å². The fraction of sp³-hybridized carbons (Fsp3) is 0.381. The number of carbonyl (C=O) groups excluding carboxylic acids is 1. The monoisotopic (exact) mass is 404 g/mol. The fourth-order valence-electron chi connectivity index (χ4n) is 3.62. The van der Waals surface area contributed by atoms with Crippen molar-refractivity contribution >= 4 is 15.9 Å². The van der Waals surface area contributed by atoms with Crippen LogP contribution >= 0.6 is 0 Å². The van der Waals surface area contributed by atoms with Gasteiger partial charge in [0.2, 0.25) is 10.0 Å². The van der Waals surface area contributed by atoms with Crippen molar-refractivity contribution in [3.05, 3.63) is 64.7 Å². The molecule has 0 radical (unpaired) electrons. The Bertz CT molecular complexity index is 917. The Hall–Kier alpha value is -2.22. The molecule has 2 aromatic rings. The van der Waals surface area contributed by atoms with Gasteiger partial charge in [-0.2, -0.15) is 4.31 Å². The molecule has 6 nitrogen and oxygen atoms in total. The van der Waals surface area contributed by atoms with E-state index >= 15 is 0 Å². The van der Waals surface area contributed by atoms with Gasteiger partial charge in [0.05, 0.1) is 4.90 Å². The van der Waals surface area contributed by atoms with Crippen LogP contribution in [0.1, 0.15) is 36.1 Å². The van der Waals surface area contributed by atoms with E-state index in [1.54, 1.807) is 33.2 Å². The van der Waals surface area contributed by atoms with Crippen LogP contribution in [0.4, 0.5) is 0 Å². The molecule has 1 atom stereocenters. The van der Waals surface area contributed by atoms with E-state index in [1.807, 2.05) is 49.4 Å². The van der Waals surface area contributed by atoms with E-state index in [9.17, 15) is 18.4 Å². The average Bonchev–Trinajstić information content (AvgIpc) is 2.60. The standard InChI is InChI=1S/C21H28N2O4S/c1-14(2)19(21(24)22-25)23(13-18-9-7-6-8-10-18)28(26,27)20-16(4)11-15(3)12-17(20)5/h6-12,14,19,25H,13H2,1-5H3,(H,22,24)/t19-/m0/s1. The number of rotatable bonds is 7. The SMILES string of the molecule is Cc1cc(C)c(S(=O)(=O)N(Cc2ccccc2)[C@H](C(=O)NO)C(C)C)c(C)c1. The van der Waals surface area contributed by atoms with Gasteiger partial charge in [-0.05, 0) is 43.4 Å². The first-order valence-electron chi connectivity index (χ1n) is 9.17. The summed E-state index contributed by atoms with van der Waals surface area (Å²) in [6.07, 6.45) is 0. The van der Waals surface area contributed by atoms with Gasteiger partial charge >= 0.3 is 0 Å². The number of hydrogen-bond donors (Lipinski definition) is 2. The minimum atomic E-state index is -4.02. The molecule has 2 aromatic carbocycles. The molecular formula is C21H28N2O4S. The Kier molecular flexibility index (Phi) is 6.98. The molecule has 0 aliphatic rings. The lowest BCUT2D eigenvalue weighted by Crippen LogP contribution is -2.51. The Morgan fingerprint density at radius 1 is 1.07 bits per heavy atom. The zero-order chi connectivity index (χ0) is 21.1. The fourth-order valence-corrected chi connectivity index (χ4v) is 5.74. The van der Waals surface area contributed by atoms with Gasteiger partial charge in [0.15, 0.2) is 0 Å². The number of sulfonamides is 1. The molecule has 0 aliphatic heterocycles. The third kappa shape index (κ3) is 4.60. The maximum absolute atomic E-state index is 13.7. The van der Waals surface area contributed by atoms with Crippen LogP contribution in [0, 0.1) is 26.7 Å². The number of amides is 1. The predicted molar refractivity (Wildman–Crippen MR) is 108 cm³/mol. The number of carbonyl (C=O) groups is 1. The first-order chi connectivity index (χ1) is 13.1. The Labute approximate surface area is 167 Å². The number of nitrogens with one attached hydrogen (secondary N) is 1. The first kappa shape index (κ1) is 22.1. The molecule has 0 saturated carbocycles. The van der Waals surface area contributed by atoms with Crippen LogP contribution in [0.15, 0.2) is 47.4 Å². The van der Waals surface area contributed by atoms with Crippen molar-refractivity contribution in [2.24, 2.45) is 5.92 Å². The summed E-state index contributed by atoms with van der Waals surface area (Å²) in [5, 5.41) is 9.23. The lowest BCUT2D eigenvalue weighted by Gasteiger charge is -2.33. The maximum Gasteiger partial charge on any atom is 0.262 e. The number of benzene rings is 2. The number of hydrogen-bond acceptors (Lipinski definition) is 4. The van der Waals surface area contributed by atoms with Crippen molar-refractivity contribution in [3.8, 4) is 0 Å². The van der Waals surface area contributed by atoms with Gasteiger partial charge < -0.3 is 0 Å². The molecule has 0 unspecified atom stereocenters. The zero-order valence-electron chi connectivity index (χ0n) is 16.9. The normalized spacial score (nSPS) is 13.0. The first-order valence-corrected chi connectivity index (χ1v) is 10.6. The molecule has 0 aliphatic carbocycles. The Morgan fingerprint density at radius 3 is 2.07 bits per heavy atom. The molecule has 152 valence electrons. The third-order valence-electron chi connectivity index (χ3n) is 4.67. The molecule has 7 heteroatoms. The van der Waals surface area contributed by atoms with E-state index in [2.05, 4.69) is 0 Å². The molecule has 0 spiro atoms.